The number of methoxy groups -OCH3 is 1. The van der Waals surface area contributed by atoms with E-state index in [9.17, 15) is 9.59 Å². The van der Waals surface area contributed by atoms with Crippen molar-refractivity contribution in [3.05, 3.63) is 46.7 Å². The average Bonchev–Trinajstić information content (AvgIpc) is 2.67. The quantitative estimate of drug-likeness (QED) is 0.779. The van der Waals surface area contributed by atoms with Crippen molar-refractivity contribution < 1.29 is 23.8 Å². The predicted octanol–water partition coefficient (Wildman–Crippen LogP) is 4.45. The molecule has 1 aromatic rings. The third-order valence-corrected chi connectivity index (χ3v) is 5.16. The van der Waals surface area contributed by atoms with Crippen LogP contribution in [0, 0.1) is 12.3 Å². The summed E-state index contributed by atoms with van der Waals surface area (Å²) in [5.41, 5.74) is 3.86. The largest absolute Gasteiger partial charge is 0.513 e. The van der Waals surface area contributed by atoms with Crippen molar-refractivity contribution in [2.45, 2.75) is 45.6 Å². The van der Waals surface area contributed by atoms with E-state index >= 15 is 0 Å². The highest BCUT2D eigenvalue weighted by Crippen LogP contribution is 2.36. The normalized spacial score (nSPS) is 19.4. The topological polar surface area (TPSA) is 85.7 Å². The second kappa shape index (κ2) is 7.72. The molecule has 1 N–H and O–H groups in total. The molecular formula is C22H25NO5. The van der Waals surface area contributed by atoms with E-state index in [1.165, 1.54) is 7.11 Å². The van der Waals surface area contributed by atoms with Gasteiger partial charge in [0.1, 0.15) is 18.0 Å². The van der Waals surface area contributed by atoms with Gasteiger partial charge in [-0.3, -0.25) is 4.79 Å². The first-order chi connectivity index (χ1) is 13.2. The van der Waals surface area contributed by atoms with E-state index in [-0.39, 0.29) is 18.1 Å². The summed E-state index contributed by atoms with van der Waals surface area (Å²) in [6, 6.07) is 5.95. The van der Waals surface area contributed by atoms with E-state index in [4.69, 9.17) is 14.9 Å². The lowest BCUT2D eigenvalue weighted by atomic mass is 9.84. The minimum Gasteiger partial charge on any atom is -0.437 e. The molecule has 0 saturated heterocycles. The highest BCUT2D eigenvalue weighted by Gasteiger charge is 2.40. The fourth-order valence-corrected chi connectivity index (χ4v) is 3.40. The Labute approximate surface area is 164 Å². The number of Topliss-reactive ketones (excluding diaryl/α,β-unsaturated/α-hetero) is 1. The van der Waals surface area contributed by atoms with Gasteiger partial charge in [-0.2, -0.15) is 0 Å². The van der Waals surface area contributed by atoms with Gasteiger partial charge in [0.15, 0.2) is 5.78 Å². The molecule has 0 spiro atoms. The van der Waals surface area contributed by atoms with Crippen molar-refractivity contribution in [1.29, 1.82) is 5.41 Å². The van der Waals surface area contributed by atoms with Gasteiger partial charge in [-0.05, 0) is 61.9 Å². The van der Waals surface area contributed by atoms with E-state index in [1.807, 2.05) is 25.1 Å². The van der Waals surface area contributed by atoms with E-state index < -0.39 is 11.8 Å². The van der Waals surface area contributed by atoms with Crippen LogP contribution >= 0.6 is 0 Å². The average molecular weight is 383 g/mol. The maximum absolute atomic E-state index is 13.2. The summed E-state index contributed by atoms with van der Waals surface area (Å²) in [6.07, 6.45) is 3.38. The van der Waals surface area contributed by atoms with Crippen LogP contribution in [0.1, 0.15) is 49.8 Å². The third-order valence-electron chi connectivity index (χ3n) is 5.16. The number of hydrogen-bond acceptors (Lipinski definition) is 6. The Morgan fingerprint density at radius 1 is 1.25 bits per heavy atom. The molecule has 2 aliphatic rings. The Morgan fingerprint density at radius 3 is 2.64 bits per heavy atom. The van der Waals surface area contributed by atoms with E-state index in [0.717, 1.165) is 40.8 Å². The number of carbonyl (C=O) groups excluding carboxylic acids is 2. The molecule has 6 nitrogen and oxygen atoms in total. The molecule has 148 valence electrons. The minimum absolute atomic E-state index is 0.00665. The molecule has 1 aromatic carbocycles. The van der Waals surface area contributed by atoms with E-state index in [2.05, 4.69) is 10.8 Å². The number of allylic oxidation sites excluding steroid dienone is 2. The summed E-state index contributed by atoms with van der Waals surface area (Å²) in [5, 5.41) is 7.79. The molecule has 1 aliphatic heterocycles. The second-order valence-corrected chi connectivity index (χ2v) is 7.55. The van der Waals surface area contributed by atoms with Crippen LogP contribution in [0.25, 0.3) is 11.1 Å². The molecule has 28 heavy (non-hydrogen) atoms. The summed E-state index contributed by atoms with van der Waals surface area (Å²) in [6.45, 7) is 5.34. The Kier molecular flexibility index (Phi) is 5.52. The van der Waals surface area contributed by atoms with Crippen LogP contribution in [0.15, 0.2) is 30.0 Å². The van der Waals surface area contributed by atoms with Crippen LogP contribution in [0.2, 0.25) is 0 Å². The van der Waals surface area contributed by atoms with Gasteiger partial charge < -0.3 is 19.6 Å². The third kappa shape index (κ3) is 3.92. The Balaban J connectivity index is 2.11. The molecule has 1 heterocycles. The number of rotatable bonds is 3. The minimum atomic E-state index is -1.01. The Bertz CT molecular complexity index is 908. The van der Waals surface area contributed by atoms with Crippen molar-refractivity contribution in [3.8, 4) is 0 Å². The standard InChI is InChI=1S/C22H25NO5/c1-13-5-6-15(14-7-9-16(23)10-8-14)11-17(13)19-18(28-21(25)26-4)12-27-22(2,3)20(19)24/h5-7,11,23H,8-10,12H2,1-4H3. The SMILES string of the molecule is COC(=O)OC1=C(c2cc(C3=CCC(=N)CC3)ccc2C)C(=O)C(C)(C)OC1. The summed E-state index contributed by atoms with van der Waals surface area (Å²) in [7, 11) is 1.22. The van der Waals surface area contributed by atoms with Gasteiger partial charge in [0.25, 0.3) is 0 Å². The molecule has 0 bridgehead atoms. The molecule has 0 aromatic heterocycles. The fourth-order valence-electron chi connectivity index (χ4n) is 3.40. The molecule has 1 aliphatic carbocycles. The number of nitrogens with one attached hydrogen (secondary N) is 1. The summed E-state index contributed by atoms with van der Waals surface area (Å²) in [5.74, 6) is -0.0758. The zero-order valence-electron chi connectivity index (χ0n) is 16.7. The number of ether oxygens (including phenoxy) is 3. The zero-order valence-corrected chi connectivity index (χ0v) is 16.7. The summed E-state index contributed by atoms with van der Waals surface area (Å²) >= 11 is 0. The lowest BCUT2D eigenvalue weighted by molar-refractivity contribution is -0.136. The lowest BCUT2D eigenvalue weighted by Gasteiger charge is -2.32. The smallest absolute Gasteiger partial charge is 0.437 e. The van der Waals surface area contributed by atoms with Gasteiger partial charge in [-0.1, -0.05) is 18.2 Å². The summed E-state index contributed by atoms with van der Waals surface area (Å²) in [4.78, 5) is 24.8. The molecule has 0 atom stereocenters. The number of ketones is 1. The first-order valence-corrected chi connectivity index (χ1v) is 9.27. The highest BCUT2D eigenvalue weighted by molar-refractivity contribution is 6.26. The predicted molar refractivity (Wildman–Crippen MR) is 106 cm³/mol. The highest BCUT2D eigenvalue weighted by atomic mass is 16.7. The van der Waals surface area contributed by atoms with Crippen molar-refractivity contribution in [2.24, 2.45) is 0 Å². The van der Waals surface area contributed by atoms with Gasteiger partial charge in [0.2, 0.25) is 0 Å². The number of hydrogen-bond donors (Lipinski definition) is 1. The monoisotopic (exact) mass is 383 g/mol. The van der Waals surface area contributed by atoms with Crippen molar-refractivity contribution in [1.82, 2.24) is 0 Å². The fraction of sp³-hybridized carbons (Fsp3) is 0.409. The number of carbonyl (C=O) groups is 2. The maximum atomic E-state index is 13.2. The lowest BCUT2D eigenvalue weighted by Crippen LogP contribution is -2.41. The molecule has 0 amide bonds. The van der Waals surface area contributed by atoms with Gasteiger partial charge in [-0.25, -0.2) is 4.79 Å². The van der Waals surface area contributed by atoms with Crippen molar-refractivity contribution in [2.75, 3.05) is 13.7 Å². The second-order valence-electron chi connectivity index (χ2n) is 7.55. The maximum Gasteiger partial charge on any atom is 0.513 e. The molecule has 0 unspecified atom stereocenters. The van der Waals surface area contributed by atoms with Gasteiger partial charge in [0, 0.05) is 12.1 Å². The number of benzene rings is 1. The van der Waals surface area contributed by atoms with Crippen LogP contribution in [-0.2, 0) is 19.0 Å². The molecule has 6 heteroatoms. The zero-order chi connectivity index (χ0) is 20.5. The van der Waals surface area contributed by atoms with Gasteiger partial charge in [-0.15, -0.1) is 0 Å². The number of aryl methyl sites for hydroxylation is 1. The molecular weight excluding hydrogens is 358 g/mol. The molecule has 3 rings (SSSR count). The molecule has 0 fully saturated rings. The van der Waals surface area contributed by atoms with Crippen molar-refractivity contribution >= 4 is 28.8 Å². The molecule has 0 saturated carbocycles. The summed E-state index contributed by atoms with van der Waals surface area (Å²) < 4.78 is 15.5. The van der Waals surface area contributed by atoms with Crippen LogP contribution in [0.4, 0.5) is 4.79 Å². The first-order valence-electron chi connectivity index (χ1n) is 9.27. The molecule has 0 radical (unpaired) electrons. The van der Waals surface area contributed by atoms with Crippen molar-refractivity contribution in [3.63, 3.8) is 0 Å². The van der Waals surface area contributed by atoms with Crippen LogP contribution in [-0.4, -0.2) is 37.0 Å². The Morgan fingerprint density at radius 2 is 2.00 bits per heavy atom. The van der Waals surface area contributed by atoms with Gasteiger partial charge >= 0.3 is 6.16 Å². The van der Waals surface area contributed by atoms with E-state index in [0.29, 0.717) is 12.0 Å². The van der Waals surface area contributed by atoms with Gasteiger partial charge in [0.05, 0.1) is 12.7 Å². The van der Waals surface area contributed by atoms with Crippen LogP contribution < -0.4 is 0 Å². The Hall–Kier alpha value is -2.73. The van der Waals surface area contributed by atoms with Crippen LogP contribution in [0.5, 0.6) is 0 Å². The van der Waals surface area contributed by atoms with E-state index in [1.54, 1.807) is 13.8 Å². The first kappa shape index (κ1) is 20.0. The van der Waals surface area contributed by atoms with Crippen LogP contribution in [0.3, 0.4) is 0 Å².